The van der Waals surface area contributed by atoms with Gasteiger partial charge in [0.2, 0.25) is 23.6 Å². The van der Waals surface area contributed by atoms with Crippen LogP contribution in [0.15, 0.2) is 73.6 Å². The normalized spacial score (nSPS) is 20.6. The Bertz CT molecular complexity index is 2660. The molecule has 8 heterocycles. The first-order valence-electron chi connectivity index (χ1n) is 22.9. The first-order valence-corrected chi connectivity index (χ1v) is 22.9. The summed E-state index contributed by atoms with van der Waals surface area (Å²) in [5, 5.41) is 9.23. The summed E-state index contributed by atoms with van der Waals surface area (Å²) < 4.78 is 0. The molecule has 6 N–H and O–H groups in total. The zero-order chi connectivity index (χ0) is 46.2. The molecule has 0 aromatic carbocycles. The maximum Gasteiger partial charge on any atom is 0.228 e. The number of rotatable bonds is 8. The summed E-state index contributed by atoms with van der Waals surface area (Å²) in [7, 11) is 0. The molecule has 10 rings (SSSR count). The minimum Gasteiger partial charge on any atom is -0.383 e. The van der Waals surface area contributed by atoms with E-state index >= 15 is 0 Å². The minimum atomic E-state index is 0.0196. The number of fused-ring (bicyclic) bond motifs is 2. The van der Waals surface area contributed by atoms with Gasteiger partial charge in [0.05, 0.1) is 11.4 Å². The summed E-state index contributed by atoms with van der Waals surface area (Å²) in [5.74, 6) is 4.02. The molecule has 4 atom stereocenters. The third kappa shape index (κ3) is 9.49. The molecule has 4 aliphatic rings. The lowest BCUT2D eigenvalue weighted by atomic mass is 9.91. The van der Waals surface area contributed by atoms with Crippen LogP contribution in [-0.4, -0.2) is 89.5 Å². The number of carbonyl (C=O) groups excluding carboxylic acids is 4. The lowest BCUT2D eigenvalue weighted by molar-refractivity contribution is -0.131. The van der Waals surface area contributed by atoms with Gasteiger partial charge in [0.25, 0.3) is 0 Å². The molecule has 0 bridgehead atoms. The average Bonchev–Trinajstić information content (AvgIpc) is 4.25. The van der Waals surface area contributed by atoms with E-state index in [1.807, 2.05) is 60.0 Å². The molecular formula is C50H56N12O4. The number of hydrogen-bond donors (Lipinski definition) is 4. The molecule has 6 aromatic heterocycles. The van der Waals surface area contributed by atoms with Crippen LogP contribution in [0.1, 0.15) is 63.5 Å². The fraction of sp³-hybridized carbons (Fsp3) is 0.400. The third-order valence-corrected chi connectivity index (χ3v) is 14.2. The monoisotopic (exact) mass is 888 g/mol. The van der Waals surface area contributed by atoms with Crippen molar-refractivity contribution < 1.29 is 19.2 Å². The number of nitrogens with one attached hydrogen (secondary N) is 2. The molecule has 4 amide bonds. The number of piperidine rings is 2. The van der Waals surface area contributed by atoms with Gasteiger partial charge in [0.15, 0.2) is 0 Å². The molecule has 2 aliphatic carbocycles. The van der Waals surface area contributed by atoms with Gasteiger partial charge in [-0.05, 0) is 134 Å². The summed E-state index contributed by atoms with van der Waals surface area (Å²) >= 11 is 0. The summed E-state index contributed by atoms with van der Waals surface area (Å²) in [6.45, 7) is 10.4. The Hall–Kier alpha value is -7.10. The molecule has 16 heteroatoms. The highest BCUT2D eigenvalue weighted by Gasteiger charge is 2.49. The molecule has 0 unspecified atom stereocenters. The van der Waals surface area contributed by atoms with Crippen LogP contribution in [0, 0.1) is 49.4 Å². The highest BCUT2D eigenvalue weighted by molar-refractivity contribution is 6.00. The second-order valence-electron chi connectivity index (χ2n) is 18.4. The number of nitrogens with zero attached hydrogens (tertiary/aromatic N) is 8. The van der Waals surface area contributed by atoms with Gasteiger partial charge in [-0.3, -0.25) is 29.1 Å². The fourth-order valence-electron chi connectivity index (χ4n) is 10.0. The van der Waals surface area contributed by atoms with E-state index in [-0.39, 0.29) is 35.5 Å². The Morgan fingerprint density at radius 1 is 0.591 bits per heavy atom. The second kappa shape index (κ2) is 18.4. The molecule has 6 aromatic rings. The molecule has 4 fully saturated rings. The number of nitrogen functional groups attached to an aromatic ring is 2. The van der Waals surface area contributed by atoms with Crippen molar-refractivity contribution in [2.24, 2.45) is 35.5 Å². The molecule has 16 nitrogen and oxygen atoms in total. The van der Waals surface area contributed by atoms with Crippen molar-refractivity contribution in [3.63, 3.8) is 0 Å². The number of aromatic nitrogens is 6. The van der Waals surface area contributed by atoms with Crippen LogP contribution in [0.2, 0.25) is 0 Å². The SMILES string of the molecule is CC(=O)N1CCC([C@@H]2C[C@H]2C(=O)Nc2cc3cc(-c4cnccc4C)nc(N)c3cn2)CC1.CC(=O)N1CCC([C@H]2C[C@@H]2C(=O)Nc2cc3cc(-c4cnccc4C)nc(N)c3cn2)CC1. The van der Waals surface area contributed by atoms with E-state index < -0.39 is 0 Å². The molecule has 2 saturated heterocycles. The van der Waals surface area contributed by atoms with E-state index in [4.69, 9.17) is 11.5 Å². The minimum absolute atomic E-state index is 0.0196. The summed E-state index contributed by atoms with van der Waals surface area (Å²) in [5.41, 5.74) is 17.9. The smallest absolute Gasteiger partial charge is 0.228 e. The van der Waals surface area contributed by atoms with Crippen molar-refractivity contribution in [3.05, 3.63) is 84.7 Å². The van der Waals surface area contributed by atoms with Crippen molar-refractivity contribution >= 4 is 68.4 Å². The zero-order valence-electron chi connectivity index (χ0n) is 37.8. The van der Waals surface area contributed by atoms with Crippen molar-refractivity contribution in [2.45, 2.75) is 66.2 Å². The summed E-state index contributed by atoms with van der Waals surface area (Å²) in [6, 6.07) is 11.5. The van der Waals surface area contributed by atoms with E-state index in [0.717, 1.165) is 120 Å². The Morgan fingerprint density at radius 2 is 0.985 bits per heavy atom. The van der Waals surface area contributed by atoms with Crippen LogP contribution in [-0.2, 0) is 19.2 Å². The van der Waals surface area contributed by atoms with Crippen molar-refractivity contribution in [1.82, 2.24) is 39.7 Å². The topological polar surface area (TPSA) is 228 Å². The lowest BCUT2D eigenvalue weighted by Crippen LogP contribution is -2.37. The van der Waals surface area contributed by atoms with E-state index in [0.29, 0.717) is 46.9 Å². The van der Waals surface area contributed by atoms with Gasteiger partial charge in [0.1, 0.15) is 23.3 Å². The van der Waals surface area contributed by atoms with Crippen molar-refractivity contribution in [3.8, 4) is 22.5 Å². The van der Waals surface area contributed by atoms with E-state index in [2.05, 4.69) is 40.5 Å². The number of likely N-dealkylation sites (tertiary alicyclic amines) is 2. The number of carbonyl (C=O) groups is 4. The van der Waals surface area contributed by atoms with Gasteiger partial charge in [-0.25, -0.2) is 19.9 Å². The molecule has 2 aliphatic heterocycles. The molecule has 340 valence electrons. The second-order valence-corrected chi connectivity index (χ2v) is 18.4. The van der Waals surface area contributed by atoms with Crippen LogP contribution >= 0.6 is 0 Å². The van der Waals surface area contributed by atoms with Gasteiger partial charge >= 0.3 is 0 Å². The van der Waals surface area contributed by atoms with Crippen molar-refractivity contribution in [2.75, 3.05) is 48.3 Å². The molecule has 0 spiro atoms. The van der Waals surface area contributed by atoms with Gasteiger partial charge in [-0.15, -0.1) is 0 Å². The standard InChI is InChI=1S/2C25H28N6O2/c2*1-14-3-6-27-12-20(14)22-9-17-10-23(28-13-21(17)24(26)29-22)30-25(33)19-11-18(19)16-4-7-31(8-5-16)15(2)32/h2*3,6,9-10,12-13,16,18-19H,4-5,7-8,11H2,1-2H3,(H2,26,29)(H,28,30,33)/t2*18-,19+/m10/s1. The number of aryl methyl sites for hydroxylation is 2. The fourth-order valence-corrected chi connectivity index (χ4v) is 10.0. The predicted octanol–water partition coefficient (Wildman–Crippen LogP) is 6.83. The highest BCUT2D eigenvalue weighted by atomic mass is 16.2. The lowest BCUT2D eigenvalue weighted by Gasteiger charge is -2.31. The summed E-state index contributed by atoms with van der Waals surface area (Å²) in [4.78, 5) is 78.9. The Balaban J connectivity index is 0.000000166. The van der Waals surface area contributed by atoms with Crippen LogP contribution in [0.25, 0.3) is 44.1 Å². The third-order valence-electron chi connectivity index (χ3n) is 14.2. The Kier molecular flexibility index (Phi) is 12.3. The number of pyridine rings is 6. The number of hydrogen-bond acceptors (Lipinski definition) is 12. The zero-order valence-corrected chi connectivity index (χ0v) is 37.8. The molecular weight excluding hydrogens is 833 g/mol. The van der Waals surface area contributed by atoms with Crippen LogP contribution in [0.4, 0.5) is 23.3 Å². The molecule has 66 heavy (non-hydrogen) atoms. The Labute approximate surface area is 383 Å². The first kappa shape index (κ1) is 44.1. The van der Waals surface area contributed by atoms with E-state index in [1.54, 1.807) is 51.0 Å². The van der Waals surface area contributed by atoms with Crippen LogP contribution < -0.4 is 22.1 Å². The maximum absolute atomic E-state index is 12.9. The number of anilines is 4. The van der Waals surface area contributed by atoms with Crippen LogP contribution in [0.3, 0.4) is 0 Å². The van der Waals surface area contributed by atoms with Gasteiger partial charge in [-0.2, -0.15) is 0 Å². The van der Waals surface area contributed by atoms with Gasteiger partial charge in [-0.1, -0.05) is 0 Å². The molecule has 2 saturated carbocycles. The Morgan fingerprint density at radius 3 is 1.35 bits per heavy atom. The van der Waals surface area contributed by atoms with Gasteiger partial charge < -0.3 is 31.9 Å². The number of amides is 4. The van der Waals surface area contributed by atoms with E-state index in [9.17, 15) is 19.2 Å². The predicted molar refractivity (Wildman–Crippen MR) is 254 cm³/mol. The van der Waals surface area contributed by atoms with Gasteiger partial charge in [0, 0.05) is 111 Å². The summed E-state index contributed by atoms with van der Waals surface area (Å²) in [6.07, 6.45) is 16.1. The van der Waals surface area contributed by atoms with E-state index in [1.165, 1.54) is 0 Å². The van der Waals surface area contributed by atoms with Crippen LogP contribution in [0.5, 0.6) is 0 Å². The number of nitrogens with two attached hydrogens (primary N) is 2. The first-order chi connectivity index (χ1) is 31.8. The molecule has 0 radical (unpaired) electrons. The van der Waals surface area contributed by atoms with Crippen molar-refractivity contribution in [1.29, 1.82) is 0 Å². The average molecular weight is 889 g/mol. The largest absolute Gasteiger partial charge is 0.383 e. The maximum atomic E-state index is 12.9. The quantitative estimate of drug-likeness (QED) is 0.123. The highest BCUT2D eigenvalue weighted by Crippen LogP contribution is 2.49.